The van der Waals surface area contributed by atoms with Crippen molar-refractivity contribution in [2.75, 3.05) is 20.1 Å². The number of nitrogens with zero attached hydrogens (tertiary/aromatic N) is 3. The second-order valence-corrected chi connectivity index (χ2v) is 5.86. The van der Waals surface area contributed by atoms with Crippen molar-refractivity contribution in [3.05, 3.63) is 10.0 Å². The molecule has 1 fully saturated rings. The first-order valence-electron chi connectivity index (χ1n) is 6.16. The van der Waals surface area contributed by atoms with Crippen LogP contribution in [0.15, 0.2) is 0 Å². The topological polar surface area (TPSA) is 41.0 Å². The van der Waals surface area contributed by atoms with E-state index in [1.165, 1.54) is 37.2 Å². The minimum atomic E-state index is 0.661. The van der Waals surface area contributed by atoms with Crippen LogP contribution in [0.25, 0.3) is 0 Å². The quantitative estimate of drug-likeness (QED) is 0.893. The molecule has 0 spiro atoms. The molecular weight excluding hydrogens is 256 g/mol. The number of rotatable bonds is 5. The summed E-state index contributed by atoms with van der Waals surface area (Å²) in [6.07, 6.45) is 5.11. The van der Waals surface area contributed by atoms with Crippen LogP contribution >= 0.6 is 23.1 Å². The predicted molar refractivity (Wildman–Crippen MR) is 71.5 cm³/mol. The second kappa shape index (κ2) is 6.64. The summed E-state index contributed by atoms with van der Waals surface area (Å²) >= 11 is 7.34. The van der Waals surface area contributed by atoms with Crippen LogP contribution in [-0.2, 0) is 6.54 Å². The Balaban J connectivity index is 1.94. The van der Waals surface area contributed by atoms with E-state index in [9.17, 15) is 0 Å². The van der Waals surface area contributed by atoms with Gasteiger partial charge in [0.05, 0.1) is 0 Å². The Morgan fingerprint density at radius 2 is 2.41 bits per heavy atom. The minimum absolute atomic E-state index is 0.661. The molecule has 6 heteroatoms. The van der Waals surface area contributed by atoms with Gasteiger partial charge >= 0.3 is 0 Å². The average Bonchev–Trinajstić information content (AvgIpc) is 2.74. The zero-order chi connectivity index (χ0) is 12.1. The van der Waals surface area contributed by atoms with E-state index < -0.39 is 0 Å². The highest BCUT2D eigenvalue weighted by molar-refractivity contribution is 7.10. The molecule has 0 aliphatic carbocycles. The lowest BCUT2D eigenvalue weighted by molar-refractivity contribution is 0.131. The number of halogens is 1. The maximum absolute atomic E-state index is 6.07. The Labute approximate surface area is 112 Å². The molecule has 1 unspecified atom stereocenters. The predicted octanol–water partition coefficient (Wildman–Crippen LogP) is 2.16. The highest BCUT2D eigenvalue weighted by atomic mass is 35.5. The summed E-state index contributed by atoms with van der Waals surface area (Å²) in [5.74, 6) is 0. The molecule has 0 saturated carbocycles. The van der Waals surface area contributed by atoms with E-state index in [1.54, 1.807) is 0 Å². The van der Waals surface area contributed by atoms with Crippen LogP contribution < -0.4 is 5.32 Å². The van der Waals surface area contributed by atoms with Gasteiger partial charge in [0, 0.05) is 24.1 Å². The lowest BCUT2D eigenvalue weighted by Crippen LogP contribution is -2.40. The standard InChI is InChI=1S/C11H19ClN4S/c1-13-6-5-9-4-2-3-7-16(9)8-10-11(12)17-15-14-10/h9,13H,2-8H2,1H3. The monoisotopic (exact) mass is 274 g/mol. The molecule has 0 radical (unpaired) electrons. The fraction of sp³-hybridized carbons (Fsp3) is 0.818. The van der Waals surface area contributed by atoms with Crippen LogP contribution in [-0.4, -0.2) is 40.7 Å². The third kappa shape index (κ3) is 3.61. The van der Waals surface area contributed by atoms with Gasteiger partial charge in [-0.05, 0) is 39.4 Å². The summed E-state index contributed by atoms with van der Waals surface area (Å²) in [5.41, 5.74) is 0.938. The Morgan fingerprint density at radius 1 is 1.53 bits per heavy atom. The van der Waals surface area contributed by atoms with Crippen molar-refractivity contribution >= 4 is 23.1 Å². The van der Waals surface area contributed by atoms with Crippen molar-refractivity contribution < 1.29 is 0 Å². The molecule has 2 heterocycles. The lowest BCUT2D eigenvalue weighted by atomic mass is 9.99. The van der Waals surface area contributed by atoms with Crippen molar-refractivity contribution in [1.29, 1.82) is 0 Å². The van der Waals surface area contributed by atoms with Crippen LogP contribution in [0.4, 0.5) is 0 Å². The zero-order valence-corrected chi connectivity index (χ0v) is 11.7. The van der Waals surface area contributed by atoms with Crippen LogP contribution in [0.5, 0.6) is 0 Å². The smallest absolute Gasteiger partial charge is 0.138 e. The van der Waals surface area contributed by atoms with Crippen molar-refractivity contribution in [2.45, 2.75) is 38.3 Å². The molecule has 0 amide bonds. The maximum atomic E-state index is 6.07. The normalized spacial score (nSPS) is 21.9. The Hall–Kier alpha value is -0.230. The lowest BCUT2D eigenvalue weighted by Gasteiger charge is -2.35. The average molecular weight is 275 g/mol. The Morgan fingerprint density at radius 3 is 3.12 bits per heavy atom. The van der Waals surface area contributed by atoms with Crippen LogP contribution in [0.3, 0.4) is 0 Å². The molecule has 4 nitrogen and oxygen atoms in total. The first-order chi connectivity index (χ1) is 8.31. The highest BCUT2D eigenvalue weighted by Crippen LogP contribution is 2.24. The third-order valence-electron chi connectivity index (χ3n) is 3.34. The minimum Gasteiger partial charge on any atom is -0.320 e. The summed E-state index contributed by atoms with van der Waals surface area (Å²) < 4.78 is 4.63. The summed E-state index contributed by atoms with van der Waals surface area (Å²) in [5, 5.41) is 7.33. The van der Waals surface area contributed by atoms with Gasteiger partial charge < -0.3 is 5.32 Å². The molecule has 1 aromatic rings. The summed E-state index contributed by atoms with van der Waals surface area (Å²) in [6, 6.07) is 0.661. The van der Waals surface area contributed by atoms with Crippen molar-refractivity contribution in [3.63, 3.8) is 0 Å². The van der Waals surface area contributed by atoms with Crippen molar-refractivity contribution in [1.82, 2.24) is 19.8 Å². The SMILES string of the molecule is CNCCC1CCCCN1Cc1nnsc1Cl. The summed E-state index contributed by atoms with van der Waals surface area (Å²) in [6.45, 7) is 3.08. The van der Waals surface area contributed by atoms with Gasteiger partial charge in [0.15, 0.2) is 0 Å². The van der Waals surface area contributed by atoms with Gasteiger partial charge in [-0.2, -0.15) is 0 Å². The second-order valence-electron chi connectivity index (χ2n) is 4.51. The van der Waals surface area contributed by atoms with E-state index >= 15 is 0 Å². The number of hydrogen-bond donors (Lipinski definition) is 1. The Bertz CT molecular complexity index is 344. The van der Waals surface area contributed by atoms with Gasteiger partial charge in [0.25, 0.3) is 0 Å². The molecule has 0 bridgehead atoms. The highest BCUT2D eigenvalue weighted by Gasteiger charge is 2.23. The largest absolute Gasteiger partial charge is 0.320 e. The van der Waals surface area contributed by atoms with Gasteiger partial charge in [-0.1, -0.05) is 22.5 Å². The van der Waals surface area contributed by atoms with Gasteiger partial charge in [-0.25, -0.2) is 0 Å². The summed E-state index contributed by atoms with van der Waals surface area (Å²) in [7, 11) is 2.01. The van der Waals surface area contributed by atoms with Crippen molar-refractivity contribution in [3.8, 4) is 0 Å². The fourth-order valence-corrected chi connectivity index (χ4v) is 3.00. The molecule has 1 N–H and O–H groups in total. The molecule has 2 rings (SSSR count). The number of likely N-dealkylation sites (tertiary alicyclic amines) is 1. The van der Waals surface area contributed by atoms with Gasteiger partial charge in [-0.3, -0.25) is 4.90 Å². The van der Waals surface area contributed by atoms with E-state index in [2.05, 4.69) is 19.8 Å². The molecule has 1 atom stereocenters. The number of aromatic nitrogens is 2. The number of hydrogen-bond acceptors (Lipinski definition) is 5. The summed E-state index contributed by atoms with van der Waals surface area (Å²) in [4.78, 5) is 2.50. The molecule has 1 aliphatic heterocycles. The molecule has 1 aliphatic rings. The first-order valence-corrected chi connectivity index (χ1v) is 7.31. The number of nitrogens with one attached hydrogen (secondary N) is 1. The molecule has 96 valence electrons. The van der Waals surface area contributed by atoms with E-state index in [1.807, 2.05) is 7.05 Å². The molecule has 17 heavy (non-hydrogen) atoms. The molecule has 0 aromatic carbocycles. The van der Waals surface area contributed by atoms with Gasteiger partial charge in [0.2, 0.25) is 0 Å². The van der Waals surface area contributed by atoms with E-state index in [-0.39, 0.29) is 0 Å². The van der Waals surface area contributed by atoms with Crippen LogP contribution in [0.1, 0.15) is 31.4 Å². The van der Waals surface area contributed by atoms with Crippen LogP contribution in [0.2, 0.25) is 4.34 Å². The number of piperidine rings is 1. The molecule has 1 saturated heterocycles. The van der Waals surface area contributed by atoms with Gasteiger partial charge in [0.1, 0.15) is 10.0 Å². The van der Waals surface area contributed by atoms with Crippen LogP contribution in [0, 0.1) is 0 Å². The third-order valence-corrected chi connectivity index (χ3v) is 4.32. The molecular formula is C11H19ClN4S. The van der Waals surface area contributed by atoms with E-state index in [4.69, 9.17) is 11.6 Å². The van der Waals surface area contributed by atoms with E-state index in [0.29, 0.717) is 6.04 Å². The molecule has 1 aromatic heterocycles. The zero-order valence-electron chi connectivity index (χ0n) is 10.2. The maximum Gasteiger partial charge on any atom is 0.138 e. The van der Waals surface area contributed by atoms with E-state index in [0.717, 1.165) is 29.7 Å². The van der Waals surface area contributed by atoms with Crippen molar-refractivity contribution in [2.24, 2.45) is 0 Å². The van der Waals surface area contributed by atoms with Gasteiger partial charge in [-0.15, -0.1) is 5.10 Å². The Kier molecular flexibility index (Phi) is 5.16. The first kappa shape index (κ1) is 13.2. The fourth-order valence-electron chi connectivity index (χ4n) is 2.39.